The van der Waals surface area contributed by atoms with Gasteiger partial charge in [-0.3, -0.25) is 4.79 Å². The topological polar surface area (TPSA) is 148 Å². The van der Waals surface area contributed by atoms with Crippen LogP contribution in [-0.4, -0.2) is 69.5 Å². The van der Waals surface area contributed by atoms with Gasteiger partial charge in [-0.2, -0.15) is 0 Å². The number of benzene rings is 1. The van der Waals surface area contributed by atoms with Gasteiger partial charge in [-0.1, -0.05) is 0 Å². The van der Waals surface area contributed by atoms with E-state index in [2.05, 4.69) is 10.6 Å². The van der Waals surface area contributed by atoms with E-state index in [-0.39, 0.29) is 5.56 Å². The van der Waals surface area contributed by atoms with Crippen molar-refractivity contribution in [2.45, 2.75) is 37.5 Å². The van der Waals surface area contributed by atoms with Crippen molar-refractivity contribution in [1.29, 1.82) is 0 Å². The Kier molecular flexibility index (Phi) is 5.73. The normalized spacial score (nSPS) is 29.8. The lowest BCUT2D eigenvalue weighted by molar-refractivity contribution is -0.188. The summed E-state index contributed by atoms with van der Waals surface area (Å²) in [5.74, 6) is -1.49. The fourth-order valence-corrected chi connectivity index (χ4v) is 2.51. The summed E-state index contributed by atoms with van der Waals surface area (Å²) in [5, 5.41) is 43.6. The molecule has 0 spiro atoms. The van der Waals surface area contributed by atoms with E-state index >= 15 is 0 Å². The molecule has 1 aromatic rings. The van der Waals surface area contributed by atoms with Gasteiger partial charge in [0.25, 0.3) is 0 Å². The molecule has 6 N–H and O–H groups in total. The molecule has 1 heterocycles. The third kappa shape index (κ3) is 4.01. The molecule has 0 saturated carbocycles. The number of aromatic carboxylic acids is 1. The summed E-state index contributed by atoms with van der Waals surface area (Å²) in [6.45, 7) is 0.747. The first-order valence-corrected chi connectivity index (χ1v) is 7.33. The molecule has 0 aliphatic carbocycles. The van der Waals surface area contributed by atoms with E-state index in [1.165, 1.54) is 31.2 Å². The lowest BCUT2D eigenvalue weighted by Gasteiger charge is -2.43. The van der Waals surface area contributed by atoms with Crippen LogP contribution in [0.1, 0.15) is 17.3 Å². The zero-order valence-corrected chi connectivity index (χ0v) is 12.9. The Balaban J connectivity index is 2.19. The van der Waals surface area contributed by atoms with Gasteiger partial charge in [-0.15, -0.1) is 0 Å². The van der Waals surface area contributed by atoms with Crippen molar-refractivity contribution in [2.75, 3.05) is 11.9 Å². The number of nitrogens with one attached hydrogen (secondary N) is 2. The van der Waals surface area contributed by atoms with E-state index in [1.807, 2.05) is 0 Å². The summed E-state index contributed by atoms with van der Waals surface area (Å²) in [5.41, 5.74) is 0.591. The maximum absolute atomic E-state index is 11.3. The maximum atomic E-state index is 11.3. The molecule has 9 heteroatoms. The zero-order chi connectivity index (χ0) is 17.9. The first-order chi connectivity index (χ1) is 11.3. The average Bonchev–Trinajstić information content (AvgIpc) is 2.54. The van der Waals surface area contributed by atoms with E-state index < -0.39 is 49.1 Å². The van der Waals surface area contributed by atoms with Gasteiger partial charge in [0.15, 0.2) is 6.23 Å². The van der Waals surface area contributed by atoms with Crippen LogP contribution in [0, 0.1) is 0 Å². The molecule has 0 bridgehead atoms. The molecule has 1 saturated heterocycles. The van der Waals surface area contributed by atoms with Crippen LogP contribution in [0.25, 0.3) is 0 Å². The second kappa shape index (κ2) is 7.58. The van der Waals surface area contributed by atoms with Crippen molar-refractivity contribution in [1.82, 2.24) is 5.32 Å². The summed E-state index contributed by atoms with van der Waals surface area (Å²) < 4.78 is 5.51. The molecule has 132 valence electrons. The fraction of sp³-hybridized carbons (Fsp3) is 0.467. The maximum Gasteiger partial charge on any atom is 0.335 e. The largest absolute Gasteiger partial charge is 0.478 e. The number of anilines is 1. The third-order valence-electron chi connectivity index (χ3n) is 3.74. The molecule has 1 aromatic carbocycles. The predicted molar refractivity (Wildman–Crippen MR) is 82.4 cm³/mol. The van der Waals surface area contributed by atoms with Crippen molar-refractivity contribution >= 4 is 17.6 Å². The smallest absolute Gasteiger partial charge is 0.335 e. The molecule has 5 atom stereocenters. The van der Waals surface area contributed by atoms with Gasteiger partial charge >= 0.3 is 5.97 Å². The number of ether oxygens (including phenoxy) is 1. The minimum atomic E-state index is -1.36. The summed E-state index contributed by atoms with van der Waals surface area (Å²) in [4.78, 5) is 22.2. The van der Waals surface area contributed by atoms with Crippen molar-refractivity contribution in [2.24, 2.45) is 0 Å². The van der Waals surface area contributed by atoms with Gasteiger partial charge in [0, 0.05) is 12.6 Å². The Hall–Kier alpha value is -2.20. The highest BCUT2D eigenvalue weighted by molar-refractivity contribution is 5.88. The highest BCUT2D eigenvalue weighted by atomic mass is 16.5. The van der Waals surface area contributed by atoms with Crippen LogP contribution < -0.4 is 10.6 Å². The van der Waals surface area contributed by atoms with E-state index in [9.17, 15) is 24.9 Å². The number of rotatable bonds is 5. The molecule has 0 radical (unpaired) electrons. The molecule has 1 amide bonds. The fourth-order valence-electron chi connectivity index (χ4n) is 2.51. The average molecular weight is 340 g/mol. The number of aliphatic hydroxyl groups is 3. The van der Waals surface area contributed by atoms with Gasteiger partial charge in [-0.05, 0) is 24.3 Å². The Labute approximate surface area is 137 Å². The van der Waals surface area contributed by atoms with Crippen molar-refractivity contribution in [3.8, 4) is 0 Å². The highest BCUT2D eigenvalue weighted by Crippen LogP contribution is 2.23. The van der Waals surface area contributed by atoms with Crippen LogP contribution in [0.5, 0.6) is 0 Å². The molecule has 1 aliphatic rings. The van der Waals surface area contributed by atoms with Crippen molar-refractivity contribution in [3.63, 3.8) is 0 Å². The Bertz CT molecular complexity index is 592. The molecule has 0 unspecified atom stereocenters. The van der Waals surface area contributed by atoms with Crippen LogP contribution in [0.15, 0.2) is 24.3 Å². The number of carbonyl (C=O) groups is 2. The van der Waals surface area contributed by atoms with E-state index in [1.54, 1.807) is 0 Å². The van der Waals surface area contributed by atoms with Gasteiger partial charge < -0.3 is 35.8 Å². The first kappa shape index (κ1) is 18.1. The van der Waals surface area contributed by atoms with Crippen LogP contribution in [-0.2, 0) is 9.53 Å². The lowest BCUT2D eigenvalue weighted by Crippen LogP contribution is -2.65. The Morgan fingerprint density at radius 3 is 2.29 bits per heavy atom. The molecule has 1 aliphatic heterocycles. The first-order valence-electron chi connectivity index (χ1n) is 7.33. The second-order valence-corrected chi connectivity index (χ2v) is 5.51. The van der Waals surface area contributed by atoms with E-state index in [0.29, 0.717) is 5.69 Å². The standard InChI is InChI=1S/C15H20N2O7/c1-7(19)16-11-13(21)12(20)10(6-18)24-14(11)17-9-4-2-8(3-5-9)15(22)23/h2-5,10-14,17-18,20-21H,6H2,1H3,(H,16,19)(H,22,23)/t10-,11+,12+,13-,14-/m0/s1. The number of hydrogen-bond acceptors (Lipinski definition) is 7. The number of carboxylic acids is 1. The molecule has 24 heavy (non-hydrogen) atoms. The summed E-state index contributed by atoms with van der Waals surface area (Å²) in [6.07, 6.45) is -4.67. The van der Waals surface area contributed by atoms with Crippen LogP contribution in [0.4, 0.5) is 5.69 Å². The van der Waals surface area contributed by atoms with Gasteiger partial charge in [0.05, 0.1) is 12.2 Å². The summed E-state index contributed by atoms with van der Waals surface area (Å²) >= 11 is 0. The van der Waals surface area contributed by atoms with Gasteiger partial charge in [-0.25, -0.2) is 4.79 Å². The number of aliphatic hydroxyl groups excluding tert-OH is 3. The lowest BCUT2D eigenvalue weighted by atomic mass is 9.95. The van der Waals surface area contributed by atoms with E-state index in [4.69, 9.17) is 9.84 Å². The quantitative estimate of drug-likeness (QED) is 0.389. The van der Waals surface area contributed by atoms with Crippen LogP contribution >= 0.6 is 0 Å². The number of carbonyl (C=O) groups excluding carboxylic acids is 1. The predicted octanol–water partition coefficient (Wildman–Crippen LogP) is -1.26. The Morgan fingerprint density at radius 2 is 1.79 bits per heavy atom. The van der Waals surface area contributed by atoms with Crippen molar-refractivity contribution in [3.05, 3.63) is 29.8 Å². The molecule has 9 nitrogen and oxygen atoms in total. The molecular formula is C15H20N2O7. The Morgan fingerprint density at radius 1 is 1.17 bits per heavy atom. The van der Waals surface area contributed by atoms with Gasteiger partial charge in [0.2, 0.25) is 5.91 Å². The molecule has 1 fully saturated rings. The van der Waals surface area contributed by atoms with Gasteiger partial charge in [0.1, 0.15) is 24.4 Å². The third-order valence-corrected chi connectivity index (χ3v) is 3.74. The minimum absolute atomic E-state index is 0.104. The number of carboxylic acid groups (broad SMARTS) is 1. The minimum Gasteiger partial charge on any atom is -0.478 e. The summed E-state index contributed by atoms with van der Waals surface area (Å²) in [7, 11) is 0. The SMILES string of the molecule is CC(=O)N[C@@H]1[C@H](O)[C@H](O)[C@H](CO)O[C@@H]1Nc1ccc(C(=O)O)cc1. The molecule has 0 aromatic heterocycles. The molecular weight excluding hydrogens is 320 g/mol. The van der Waals surface area contributed by atoms with E-state index in [0.717, 1.165) is 0 Å². The van der Waals surface area contributed by atoms with Crippen LogP contribution in [0.3, 0.4) is 0 Å². The monoisotopic (exact) mass is 340 g/mol. The zero-order valence-electron chi connectivity index (χ0n) is 12.9. The number of hydrogen-bond donors (Lipinski definition) is 6. The number of amides is 1. The molecule has 2 rings (SSSR count). The highest BCUT2D eigenvalue weighted by Gasteiger charge is 2.44. The van der Waals surface area contributed by atoms with Crippen molar-refractivity contribution < 1.29 is 34.8 Å². The summed E-state index contributed by atoms with van der Waals surface area (Å²) in [6, 6.07) is 4.82. The van der Waals surface area contributed by atoms with Crippen LogP contribution in [0.2, 0.25) is 0 Å². The second-order valence-electron chi connectivity index (χ2n) is 5.51.